The van der Waals surface area contributed by atoms with E-state index in [0.717, 1.165) is 12.4 Å². The third-order valence-corrected chi connectivity index (χ3v) is 4.28. The molecule has 1 unspecified atom stereocenters. The van der Waals surface area contributed by atoms with Crippen molar-refractivity contribution < 1.29 is 17.9 Å². The number of fused-ring (bicyclic) bond motifs is 1. The minimum Gasteiger partial charge on any atom is -0.373 e. The molecule has 4 rings (SSSR count). The first-order chi connectivity index (χ1) is 13.0. The van der Waals surface area contributed by atoms with Gasteiger partial charge < -0.3 is 15.4 Å². The zero-order valence-electron chi connectivity index (χ0n) is 14.1. The van der Waals surface area contributed by atoms with Crippen molar-refractivity contribution in [3.05, 3.63) is 36.5 Å². The SMILES string of the molecule is NCC1CN(c2ccnc(-c3cnc4cnc(C(F)(F)F)cn34)n2)CCO1. The van der Waals surface area contributed by atoms with Crippen molar-refractivity contribution in [1.29, 1.82) is 0 Å². The quantitative estimate of drug-likeness (QED) is 0.734. The lowest BCUT2D eigenvalue weighted by Crippen LogP contribution is -2.46. The van der Waals surface area contributed by atoms with Crippen molar-refractivity contribution in [2.45, 2.75) is 12.3 Å². The molecule has 0 aliphatic carbocycles. The van der Waals surface area contributed by atoms with Gasteiger partial charge in [-0.05, 0) is 6.07 Å². The maximum absolute atomic E-state index is 13.0. The molecule has 1 saturated heterocycles. The lowest BCUT2D eigenvalue weighted by atomic mass is 10.2. The van der Waals surface area contributed by atoms with Crippen molar-refractivity contribution in [2.24, 2.45) is 5.73 Å². The van der Waals surface area contributed by atoms with Gasteiger partial charge in [0, 0.05) is 32.0 Å². The summed E-state index contributed by atoms with van der Waals surface area (Å²) in [7, 11) is 0. The number of hydrogen-bond donors (Lipinski definition) is 1. The molecular formula is C16H16F3N7O. The van der Waals surface area contributed by atoms with E-state index in [4.69, 9.17) is 10.5 Å². The van der Waals surface area contributed by atoms with Gasteiger partial charge in [0.25, 0.3) is 0 Å². The molecule has 3 aromatic rings. The summed E-state index contributed by atoms with van der Waals surface area (Å²) in [6.45, 7) is 2.15. The highest BCUT2D eigenvalue weighted by molar-refractivity contribution is 5.58. The first-order valence-electron chi connectivity index (χ1n) is 8.26. The van der Waals surface area contributed by atoms with Gasteiger partial charge >= 0.3 is 6.18 Å². The van der Waals surface area contributed by atoms with E-state index in [1.54, 1.807) is 12.3 Å². The van der Waals surface area contributed by atoms with Crippen molar-refractivity contribution in [3.63, 3.8) is 0 Å². The number of ether oxygens (including phenoxy) is 1. The molecule has 4 heterocycles. The minimum absolute atomic E-state index is 0.0895. The summed E-state index contributed by atoms with van der Waals surface area (Å²) in [5, 5.41) is 0. The Morgan fingerprint density at radius 2 is 2.07 bits per heavy atom. The van der Waals surface area contributed by atoms with Crippen LogP contribution in [0.25, 0.3) is 17.2 Å². The number of imidazole rings is 1. The Hall–Kier alpha value is -2.79. The Kier molecular flexibility index (Phi) is 4.40. The molecule has 1 aliphatic rings. The molecule has 27 heavy (non-hydrogen) atoms. The topological polar surface area (TPSA) is 94.5 Å². The average Bonchev–Trinajstić information content (AvgIpc) is 3.11. The molecular weight excluding hydrogens is 363 g/mol. The summed E-state index contributed by atoms with van der Waals surface area (Å²) in [6, 6.07) is 1.74. The first-order valence-corrected chi connectivity index (χ1v) is 8.26. The number of nitrogens with two attached hydrogens (primary N) is 1. The van der Waals surface area contributed by atoms with Crippen molar-refractivity contribution >= 4 is 11.5 Å². The van der Waals surface area contributed by atoms with Gasteiger partial charge in [0.2, 0.25) is 0 Å². The number of rotatable bonds is 3. The molecule has 0 saturated carbocycles. The normalized spacial score (nSPS) is 18.2. The Bertz CT molecular complexity index is 959. The smallest absolute Gasteiger partial charge is 0.373 e. The van der Waals surface area contributed by atoms with E-state index in [1.807, 2.05) is 4.90 Å². The summed E-state index contributed by atoms with van der Waals surface area (Å²) in [4.78, 5) is 18.2. The number of halogens is 3. The molecule has 8 nitrogen and oxygen atoms in total. The summed E-state index contributed by atoms with van der Waals surface area (Å²) in [5.41, 5.74) is 5.29. The number of aromatic nitrogens is 5. The molecule has 0 spiro atoms. The monoisotopic (exact) mass is 379 g/mol. The van der Waals surface area contributed by atoms with Crippen LogP contribution < -0.4 is 10.6 Å². The maximum Gasteiger partial charge on any atom is 0.434 e. The fraction of sp³-hybridized carbons (Fsp3) is 0.375. The maximum atomic E-state index is 13.0. The van der Waals surface area contributed by atoms with Gasteiger partial charge in [-0.2, -0.15) is 13.2 Å². The van der Waals surface area contributed by atoms with Crippen LogP contribution in [0, 0.1) is 0 Å². The first kappa shape index (κ1) is 17.6. The molecule has 1 fully saturated rings. The van der Waals surface area contributed by atoms with E-state index in [9.17, 15) is 13.2 Å². The largest absolute Gasteiger partial charge is 0.434 e. The average molecular weight is 379 g/mol. The van der Waals surface area contributed by atoms with E-state index < -0.39 is 11.9 Å². The lowest BCUT2D eigenvalue weighted by Gasteiger charge is -2.33. The molecule has 0 aromatic carbocycles. The zero-order chi connectivity index (χ0) is 19.0. The van der Waals surface area contributed by atoms with Gasteiger partial charge in [0.1, 0.15) is 11.5 Å². The molecule has 1 aliphatic heterocycles. The van der Waals surface area contributed by atoms with Crippen LogP contribution >= 0.6 is 0 Å². The van der Waals surface area contributed by atoms with Crippen LogP contribution in [0.4, 0.5) is 19.0 Å². The Labute approximate surface area is 151 Å². The van der Waals surface area contributed by atoms with Gasteiger partial charge in [0.15, 0.2) is 17.2 Å². The third kappa shape index (κ3) is 3.43. The molecule has 0 bridgehead atoms. The fourth-order valence-corrected chi connectivity index (χ4v) is 2.92. The highest BCUT2D eigenvalue weighted by Crippen LogP contribution is 2.28. The molecule has 0 amide bonds. The summed E-state index contributed by atoms with van der Waals surface area (Å²) >= 11 is 0. The van der Waals surface area contributed by atoms with Crippen LogP contribution in [0.1, 0.15) is 5.69 Å². The van der Waals surface area contributed by atoms with Gasteiger partial charge in [-0.25, -0.2) is 19.9 Å². The molecule has 142 valence electrons. The number of alkyl halides is 3. The summed E-state index contributed by atoms with van der Waals surface area (Å²) in [5.74, 6) is 0.928. The van der Waals surface area contributed by atoms with Gasteiger partial charge in [-0.15, -0.1) is 0 Å². The van der Waals surface area contributed by atoms with Crippen molar-refractivity contribution in [3.8, 4) is 11.5 Å². The van der Waals surface area contributed by atoms with E-state index in [-0.39, 0.29) is 17.6 Å². The van der Waals surface area contributed by atoms with Crippen LogP contribution in [0.5, 0.6) is 0 Å². The second-order valence-corrected chi connectivity index (χ2v) is 6.05. The van der Waals surface area contributed by atoms with Crippen LogP contribution in [-0.4, -0.2) is 56.7 Å². The van der Waals surface area contributed by atoms with E-state index in [0.29, 0.717) is 37.8 Å². The second kappa shape index (κ2) is 6.74. The minimum atomic E-state index is -4.55. The number of nitrogens with zero attached hydrogens (tertiary/aromatic N) is 6. The van der Waals surface area contributed by atoms with E-state index >= 15 is 0 Å². The van der Waals surface area contributed by atoms with Crippen molar-refractivity contribution in [1.82, 2.24) is 24.3 Å². The van der Waals surface area contributed by atoms with E-state index in [1.165, 1.54) is 10.6 Å². The van der Waals surface area contributed by atoms with Crippen LogP contribution in [0.15, 0.2) is 30.9 Å². The Balaban J connectivity index is 1.71. The molecule has 0 radical (unpaired) electrons. The van der Waals surface area contributed by atoms with E-state index in [2.05, 4.69) is 19.9 Å². The van der Waals surface area contributed by atoms with Crippen LogP contribution in [0.2, 0.25) is 0 Å². The highest BCUT2D eigenvalue weighted by atomic mass is 19.4. The number of hydrogen-bond acceptors (Lipinski definition) is 7. The summed E-state index contributed by atoms with van der Waals surface area (Å²) in [6.07, 6.45) is 0.322. The second-order valence-electron chi connectivity index (χ2n) is 6.05. The molecule has 3 aromatic heterocycles. The zero-order valence-corrected chi connectivity index (χ0v) is 14.1. The molecule has 2 N–H and O–H groups in total. The standard InChI is InChI=1S/C16H16F3N7O/c17-16(18,19)12-9-26-11(6-23-14(26)7-22-12)15-21-2-1-13(24-15)25-3-4-27-10(5-20)8-25/h1-2,6-7,9-10H,3-5,8,20H2. The third-order valence-electron chi connectivity index (χ3n) is 4.28. The Morgan fingerprint density at radius 3 is 2.85 bits per heavy atom. The molecule has 11 heteroatoms. The van der Waals surface area contributed by atoms with Crippen LogP contribution in [0.3, 0.4) is 0 Å². The number of morpholine rings is 1. The predicted molar refractivity (Wildman–Crippen MR) is 90.0 cm³/mol. The van der Waals surface area contributed by atoms with Gasteiger partial charge in [-0.1, -0.05) is 0 Å². The molecule has 1 atom stereocenters. The fourth-order valence-electron chi connectivity index (χ4n) is 2.92. The van der Waals surface area contributed by atoms with Crippen molar-refractivity contribution in [2.75, 3.05) is 31.1 Å². The lowest BCUT2D eigenvalue weighted by molar-refractivity contribution is -0.141. The summed E-state index contributed by atoms with van der Waals surface area (Å²) < 4.78 is 45.8. The Morgan fingerprint density at radius 1 is 1.22 bits per heavy atom. The van der Waals surface area contributed by atoms with Gasteiger partial charge in [0.05, 0.1) is 25.1 Å². The predicted octanol–water partition coefficient (Wildman–Crippen LogP) is 1.37. The van der Waals surface area contributed by atoms with Crippen LogP contribution in [-0.2, 0) is 10.9 Å². The highest BCUT2D eigenvalue weighted by Gasteiger charge is 2.33. The number of anilines is 1. The van der Waals surface area contributed by atoms with Gasteiger partial charge in [-0.3, -0.25) is 4.40 Å².